The molecule has 0 amide bonds. The molecule has 2 atom stereocenters. The average Bonchev–Trinajstić information content (AvgIpc) is 2.89. The van der Waals surface area contributed by atoms with Crippen LogP contribution in [0.4, 0.5) is 0 Å². The first-order valence-electron chi connectivity index (χ1n) is 7.91. The van der Waals surface area contributed by atoms with Crippen molar-refractivity contribution in [2.45, 2.75) is 59.9 Å². The molecule has 2 rings (SSSR count). The van der Waals surface area contributed by atoms with Gasteiger partial charge in [-0.05, 0) is 39.3 Å². The molecule has 0 spiro atoms. The van der Waals surface area contributed by atoms with Gasteiger partial charge in [0, 0.05) is 5.41 Å². The minimum Gasteiger partial charge on any atom is -0.495 e. The van der Waals surface area contributed by atoms with E-state index in [1.54, 1.807) is 0 Å². The Hall–Kier alpha value is -1.28. The van der Waals surface area contributed by atoms with E-state index in [9.17, 15) is 0 Å². The molecule has 0 bridgehead atoms. The Balaban J connectivity index is 2.23. The van der Waals surface area contributed by atoms with Crippen molar-refractivity contribution in [1.82, 2.24) is 0 Å². The van der Waals surface area contributed by atoms with E-state index in [2.05, 4.69) is 71.9 Å². The summed E-state index contributed by atoms with van der Waals surface area (Å²) < 4.78 is 12.2. The van der Waals surface area contributed by atoms with Crippen molar-refractivity contribution < 1.29 is 9.47 Å². The van der Waals surface area contributed by atoms with Crippen LogP contribution in [-0.4, -0.2) is 18.3 Å². The Morgan fingerprint density at radius 1 is 1.05 bits per heavy atom. The smallest absolute Gasteiger partial charge is 0.103 e. The van der Waals surface area contributed by atoms with Crippen molar-refractivity contribution in [1.29, 1.82) is 0 Å². The monoisotopic (exact) mass is 288 g/mol. The van der Waals surface area contributed by atoms with Crippen molar-refractivity contribution in [2.75, 3.05) is 0 Å². The Labute approximate surface area is 129 Å². The molecule has 0 aliphatic heterocycles. The van der Waals surface area contributed by atoms with Crippen LogP contribution in [-0.2, 0) is 9.47 Å². The van der Waals surface area contributed by atoms with E-state index >= 15 is 0 Å². The zero-order chi connectivity index (χ0) is 15.6. The first-order valence-corrected chi connectivity index (χ1v) is 7.91. The molecule has 1 aliphatic carbocycles. The van der Waals surface area contributed by atoms with Crippen LogP contribution in [0.15, 0.2) is 36.1 Å². The first kappa shape index (κ1) is 16.1. The lowest BCUT2D eigenvalue weighted by atomic mass is 10.1. The van der Waals surface area contributed by atoms with Gasteiger partial charge in [-0.2, -0.15) is 0 Å². The van der Waals surface area contributed by atoms with Gasteiger partial charge in [-0.15, -0.1) is 0 Å². The second kappa shape index (κ2) is 6.23. The summed E-state index contributed by atoms with van der Waals surface area (Å²) in [6, 6.07) is 10.4. The molecule has 2 nitrogen and oxygen atoms in total. The second-order valence-corrected chi connectivity index (χ2v) is 7.03. The van der Waals surface area contributed by atoms with E-state index in [0.29, 0.717) is 5.92 Å². The SMILES string of the molecule is CC(C)O/C(=C\c1ccccc1)C1C(OC(C)C)C1(C)C. The summed E-state index contributed by atoms with van der Waals surface area (Å²) in [5.74, 6) is 1.38. The number of hydrogen-bond donors (Lipinski definition) is 0. The predicted octanol–water partition coefficient (Wildman–Crippen LogP) is 4.90. The minimum atomic E-state index is 0.139. The molecule has 0 saturated heterocycles. The van der Waals surface area contributed by atoms with E-state index in [-0.39, 0.29) is 23.7 Å². The van der Waals surface area contributed by atoms with Gasteiger partial charge >= 0.3 is 0 Å². The lowest BCUT2D eigenvalue weighted by molar-refractivity contribution is 0.0380. The fourth-order valence-corrected chi connectivity index (χ4v) is 2.84. The third-order valence-corrected chi connectivity index (χ3v) is 3.93. The molecule has 1 saturated carbocycles. The van der Waals surface area contributed by atoms with Crippen LogP contribution in [0.1, 0.15) is 47.1 Å². The van der Waals surface area contributed by atoms with E-state index < -0.39 is 0 Å². The summed E-state index contributed by atoms with van der Waals surface area (Å²) in [7, 11) is 0. The molecular weight excluding hydrogens is 260 g/mol. The largest absolute Gasteiger partial charge is 0.495 e. The Bertz CT molecular complexity index is 486. The van der Waals surface area contributed by atoms with Crippen molar-refractivity contribution in [2.24, 2.45) is 11.3 Å². The molecule has 0 N–H and O–H groups in total. The molecular formula is C19H28O2. The molecule has 2 heteroatoms. The molecule has 0 heterocycles. The Kier molecular flexibility index (Phi) is 4.77. The van der Waals surface area contributed by atoms with Crippen molar-refractivity contribution in [3.8, 4) is 0 Å². The zero-order valence-corrected chi connectivity index (χ0v) is 14.1. The predicted molar refractivity (Wildman–Crippen MR) is 87.9 cm³/mol. The van der Waals surface area contributed by atoms with Crippen LogP contribution in [0.25, 0.3) is 6.08 Å². The Morgan fingerprint density at radius 3 is 2.19 bits per heavy atom. The number of ether oxygens (including phenoxy) is 2. The quantitative estimate of drug-likeness (QED) is 0.693. The van der Waals surface area contributed by atoms with Gasteiger partial charge in [0.05, 0.1) is 24.2 Å². The highest BCUT2D eigenvalue weighted by atomic mass is 16.5. The van der Waals surface area contributed by atoms with E-state index in [1.807, 2.05) is 6.07 Å². The maximum atomic E-state index is 6.11. The third kappa shape index (κ3) is 3.88. The maximum Gasteiger partial charge on any atom is 0.103 e. The van der Waals surface area contributed by atoms with Crippen LogP contribution in [0.2, 0.25) is 0 Å². The average molecular weight is 288 g/mol. The molecule has 1 fully saturated rings. The lowest BCUT2D eigenvalue weighted by Gasteiger charge is -2.15. The highest BCUT2D eigenvalue weighted by molar-refractivity contribution is 5.53. The molecule has 2 unspecified atom stereocenters. The van der Waals surface area contributed by atoms with Crippen LogP contribution in [0.5, 0.6) is 0 Å². The molecule has 0 radical (unpaired) electrons. The van der Waals surface area contributed by atoms with E-state index in [0.717, 1.165) is 5.76 Å². The standard InChI is InChI=1S/C19H28O2/c1-13(2)20-16(12-15-10-8-7-9-11-15)17-18(19(17,5)6)21-14(3)4/h7-14,17-18H,1-6H3/b16-12-. The number of benzene rings is 1. The summed E-state index contributed by atoms with van der Waals surface area (Å²) in [4.78, 5) is 0. The van der Waals surface area contributed by atoms with Crippen molar-refractivity contribution >= 4 is 6.08 Å². The number of rotatable bonds is 6. The third-order valence-electron chi connectivity index (χ3n) is 3.93. The van der Waals surface area contributed by atoms with Crippen LogP contribution in [0.3, 0.4) is 0 Å². The highest BCUT2D eigenvalue weighted by Crippen LogP contribution is 2.58. The summed E-state index contributed by atoms with van der Waals surface area (Å²) in [5, 5.41) is 0. The van der Waals surface area contributed by atoms with Gasteiger partial charge in [-0.1, -0.05) is 44.2 Å². The van der Waals surface area contributed by atoms with Crippen molar-refractivity contribution in [3.63, 3.8) is 0 Å². The van der Waals surface area contributed by atoms with Gasteiger partial charge in [-0.25, -0.2) is 0 Å². The van der Waals surface area contributed by atoms with Gasteiger partial charge in [0.15, 0.2) is 0 Å². The molecule has 1 aliphatic rings. The topological polar surface area (TPSA) is 18.5 Å². The van der Waals surface area contributed by atoms with E-state index in [1.165, 1.54) is 5.56 Å². The van der Waals surface area contributed by atoms with Gasteiger partial charge in [-0.3, -0.25) is 0 Å². The first-order chi connectivity index (χ1) is 9.82. The second-order valence-electron chi connectivity index (χ2n) is 7.03. The van der Waals surface area contributed by atoms with Gasteiger partial charge in [0.25, 0.3) is 0 Å². The normalized spacial score (nSPS) is 24.5. The molecule has 21 heavy (non-hydrogen) atoms. The summed E-state index contributed by atoms with van der Waals surface area (Å²) in [6.45, 7) is 12.9. The molecule has 116 valence electrons. The zero-order valence-electron chi connectivity index (χ0n) is 14.1. The van der Waals surface area contributed by atoms with Crippen LogP contribution in [0, 0.1) is 11.3 Å². The fourth-order valence-electron chi connectivity index (χ4n) is 2.84. The van der Waals surface area contributed by atoms with Crippen molar-refractivity contribution in [3.05, 3.63) is 41.7 Å². The summed E-state index contributed by atoms with van der Waals surface area (Å²) >= 11 is 0. The van der Waals surface area contributed by atoms with Gasteiger partial charge in [0.2, 0.25) is 0 Å². The van der Waals surface area contributed by atoms with Gasteiger partial charge in [0.1, 0.15) is 5.76 Å². The molecule has 1 aromatic carbocycles. The lowest BCUT2D eigenvalue weighted by Crippen LogP contribution is -2.10. The van der Waals surface area contributed by atoms with Gasteiger partial charge < -0.3 is 9.47 Å². The summed E-state index contributed by atoms with van der Waals surface area (Å²) in [6.07, 6.45) is 2.83. The summed E-state index contributed by atoms with van der Waals surface area (Å²) in [5.41, 5.74) is 1.32. The fraction of sp³-hybridized carbons (Fsp3) is 0.579. The Morgan fingerprint density at radius 2 is 1.67 bits per heavy atom. The minimum absolute atomic E-state index is 0.139. The molecule has 1 aromatic rings. The highest BCUT2D eigenvalue weighted by Gasteiger charge is 2.62. The van der Waals surface area contributed by atoms with E-state index in [4.69, 9.17) is 9.47 Å². The van der Waals surface area contributed by atoms with Crippen LogP contribution >= 0.6 is 0 Å². The molecule has 0 aromatic heterocycles. The number of hydrogen-bond acceptors (Lipinski definition) is 2. The van der Waals surface area contributed by atoms with Crippen LogP contribution < -0.4 is 0 Å². The maximum absolute atomic E-state index is 6.11.